The van der Waals surface area contributed by atoms with E-state index in [-0.39, 0.29) is 17.7 Å². The largest absolute Gasteiger partial charge is 0.393 e. The summed E-state index contributed by atoms with van der Waals surface area (Å²) in [6.45, 7) is 1.41. The summed E-state index contributed by atoms with van der Waals surface area (Å²) >= 11 is 0. The van der Waals surface area contributed by atoms with Crippen molar-refractivity contribution in [2.24, 2.45) is 0 Å². The number of benzene rings is 1. The number of hydrogen-bond donors (Lipinski definition) is 1. The van der Waals surface area contributed by atoms with Gasteiger partial charge in [-0.15, -0.1) is 0 Å². The monoisotopic (exact) mass is 297 g/mol. The fourth-order valence-electron chi connectivity index (χ4n) is 3.83. The van der Waals surface area contributed by atoms with Crippen LogP contribution in [0.2, 0.25) is 0 Å². The fourth-order valence-corrected chi connectivity index (χ4v) is 3.83. The van der Waals surface area contributed by atoms with Gasteiger partial charge < -0.3 is 9.84 Å². The number of rotatable bonds is 3. The van der Waals surface area contributed by atoms with Crippen LogP contribution in [-0.2, 0) is 11.3 Å². The van der Waals surface area contributed by atoms with E-state index in [0.29, 0.717) is 13.0 Å². The van der Waals surface area contributed by atoms with Gasteiger partial charge in [0.2, 0.25) is 0 Å². The van der Waals surface area contributed by atoms with Gasteiger partial charge in [0.05, 0.1) is 11.7 Å². The number of methoxy groups -OCH3 is 1. The molecule has 0 radical (unpaired) electrons. The molecule has 1 aromatic rings. The number of likely N-dealkylation sites (tertiary alicyclic amines) is 1. The average Bonchev–Trinajstić information content (AvgIpc) is 2.82. The summed E-state index contributed by atoms with van der Waals surface area (Å²) in [5, 5.41) is 9.94. The molecule has 1 aliphatic carbocycles. The topological polar surface area (TPSA) is 32.7 Å². The molecule has 0 unspecified atom stereocenters. The van der Waals surface area contributed by atoms with Crippen LogP contribution in [0.3, 0.4) is 0 Å². The Morgan fingerprint density at radius 3 is 2.86 bits per heavy atom. The van der Waals surface area contributed by atoms with Crippen LogP contribution in [-0.4, -0.2) is 41.4 Å². The minimum Gasteiger partial charge on any atom is -0.393 e. The van der Waals surface area contributed by atoms with Gasteiger partial charge in [-0.1, -0.05) is 6.07 Å². The quantitative estimate of drug-likeness (QED) is 0.930. The number of fused-ring (bicyclic) bond motifs is 1. The van der Waals surface area contributed by atoms with Crippen LogP contribution in [0.4, 0.5) is 8.78 Å². The van der Waals surface area contributed by atoms with Gasteiger partial charge in [-0.2, -0.15) is 0 Å². The van der Waals surface area contributed by atoms with Crippen molar-refractivity contribution in [3.05, 3.63) is 35.4 Å². The average molecular weight is 297 g/mol. The van der Waals surface area contributed by atoms with Gasteiger partial charge in [-0.25, -0.2) is 8.78 Å². The molecule has 21 heavy (non-hydrogen) atoms. The van der Waals surface area contributed by atoms with Crippen LogP contribution >= 0.6 is 0 Å². The molecule has 0 spiro atoms. The molecule has 1 N–H and O–H groups in total. The molecular formula is C16H21F2NO2. The Kier molecular flexibility index (Phi) is 3.99. The van der Waals surface area contributed by atoms with Crippen molar-refractivity contribution in [2.45, 2.75) is 50.0 Å². The minimum absolute atomic E-state index is 0.138. The zero-order valence-corrected chi connectivity index (χ0v) is 12.2. The van der Waals surface area contributed by atoms with Crippen molar-refractivity contribution < 1.29 is 18.6 Å². The summed E-state index contributed by atoms with van der Waals surface area (Å²) in [6, 6.07) is 4.17. The Morgan fingerprint density at radius 1 is 1.33 bits per heavy atom. The summed E-state index contributed by atoms with van der Waals surface area (Å²) in [6.07, 6.45) is 2.92. The number of aliphatic hydroxyl groups is 1. The van der Waals surface area contributed by atoms with Crippen molar-refractivity contribution >= 4 is 0 Å². The Bertz CT molecular complexity index is 525. The first kappa shape index (κ1) is 14.9. The van der Waals surface area contributed by atoms with Gasteiger partial charge in [-0.05, 0) is 43.4 Å². The Labute approximate surface area is 123 Å². The van der Waals surface area contributed by atoms with E-state index < -0.39 is 11.6 Å². The molecule has 2 aliphatic rings. The second kappa shape index (κ2) is 5.63. The Morgan fingerprint density at radius 2 is 2.14 bits per heavy atom. The smallest absolute Gasteiger partial charge is 0.159 e. The van der Waals surface area contributed by atoms with Gasteiger partial charge in [-0.3, -0.25) is 4.90 Å². The predicted molar refractivity (Wildman–Crippen MR) is 74.8 cm³/mol. The number of hydrogen-bond acceptors (Lipinski definition) is 3. The number of aliphatic hydroxyl groups excluding tert-OH is 1. The van der Waals surface area contributed by atoms with Crippen LogP contribution < -0.4 is 0 Å². The van der Waals surface area contributed by atoms with Gasteiger partial charge in [0, 0.05) is 26.2 Å². The Balaban J connectivity index is 1.78. The molecule has 1 aliphatic heterocycles. The number of halogens is 2. The molecule has 3 atom stereocenters. The maximum atomic E-state index is 13.3. The number of nitrogens with zero attached hydrogens (tertiary/aromatic N) is 1. The van der Waals surface area contributed by atoms with E-state index >= 15 is 0 Å². The van der Waals surface area contributed by atoms with Crippen LogP contribution in [0, 0.1) is 11.6 Å². The molecule has 5 heteroatoms. The lowest BCUT2D eigenvalue weighted by molar-refractivity contribution is -0.0879. The van der Waals surface area contributed by atoms with Crippen LogP contribution in [0.5, 0.6) is 0 Å². The minimum atomic E-state index is -0.820. The summed E-state index contributed by atoms with van der Waals surface area (Å²) in [5.74, 6) is -1.63. The van der Waals surface area contributed by atoms with E-state index in [2.05, 4.69) is 4.90 Å². The highest BCUT2D eigenvalue weighted by Gasteiger charge is 2.50. The zero-order chi connectivity index (χ0) is 15.0. The van der Waals surface area contributed by atoms with Gasteiger partial charge in [0.15, 0.2) is 11.6 Å². The van der Waals surface area contributed by atoms with Crippen LogP contribution in [0.1, 0.15) is 31.2 Å². The molecule has 0 bridgehead atoms. The lowest BCUT2D eigenvalue weighted by atomic mass is 9.79. The van der Waals surface area contributed by atoms with E-state index in [9.17, 15) is 13.9 Å². The third kappa shape index (κ3) is 2.70. The molecule has 1 saturated carbocycles. The van der Waals surface area contributed by atoms with E-state index in [1.165, 1.54) is 12.1 Å². The third-order valence-corrected chi connectivity index (χ3v) is 5.04. The van der Waals surface area contributed by atoms with Crippen molar-refractivity contribution in [3.8, 4) is 0 Å². The summed E-state index contributed by atoms with van der Waals surface area (Å²) in [4.78, 5) is 2.22. The molecule has 3 nitrogen and oxygen atoms in total. The number of ether oxygens (including phenoxy) is 1. The molecule has 116 valence electrons. The lowest BCUT2D eigenvalue weighted by Crippen LogP contribution is -2.51. The van der Waals surface area contributed by atoms with Crippen molar-refractivity contribution in [1.82, 2.24) is 4.90 Å². The van der Waals surface area contributed by atoms with Gasteiger partial charge in [0.1, 0.15) is 0 Å². The second-order valence-corrected chi connectivity index (χ2v) is 6.18. The third-order valence-electron chi connectivity index (χ3n) is 5.04. The van der Waals surface area contributed by atoms with E-state index in [4.69, 9.17) is 4.74 Å². The van der Waals surface area contributed by atoms with Crippen molar-refractivity contribution in [1.29, 1.82) is 0 Å². The van der Waals surface area contributed by atoms with E-state index in [1.54, 1.807) is 13.2 Å². The molecule has 2 fully saturated rings. The van der Waals surface area contributed by atoms with Crippen molar-refractivity contribution in [2.75, 3.05) is 13.7 Å². The molecule has 1 aromatic carbocycles. The normalized spacial score (nSPS) is 33.1. The standard InChI is InChI=1S/C16H21F2NO2/c1-21-16-5-4-12(20)9-15(16)19(7-6-16)10-11-2-3-13(17)14(18)8-11/h2-3,8,12,15,20H,4-7,9-10H2,1H3/t12-,15+,16-/m1/s1. The SMILES string of the molecule is CO[C@@]12CC[C@@H](O)C[C@@H]1N(Cc1ccc(F)c(F)c1)CC2. The first-order chi connectivity index (χ1) is 10.0. The first-order valence-electron chi connectivity index (χ1n) is 7.45. The molecule has 1 heterocycles. The van der Waals surface area contributed by atoms with Gasteiger partial charge >= 0.3 is 0 Å². The summed E-state index contributed by atoms with van der Waals surface area (Å²) < 4.78 is 32.1. The maximum Gasteiger partial charge on any atom is 0.159 e. The molecular weight excluding hydrogens is 276 g/mol. The predicted octanol–water partition coefficient (Wildman–Crippen LogP) is 2.47. The van der Waals surface area contributed by atoms with Gasteiger partial charge in [0.25, 0.3) is 0 Å². The van der Waals surface area contributed by atoms with E-state index in [0.717, 1.165) is 31.4 Å². The summed E-state index contributed by atoms with van der Waals surface area (Å²) in [5.41, 5.74) is 0.554. The summed E-state index contributed by atoms with van der Waals surface area (Å²) in [7, 11) is 1.73. The molecule has 1 saturated heterocycles. The highest BCUT2D eigenvalue weighted by Crippen LogP contribution is 2.42. The molecule has 0 aromatic heterocycles. The first-order valence-corrected chi connectivity index (χ1v) is 7.45. The van der Waals surface area contributed by atoms with Crippen LogP contribution in [0.15, 0.2) is 18.2 Å². The molecule has 0 amide bonds. The van der Waals surface area contributed by atoms with Crippen LogP contribution in [0.25, 0.3) is 0 Å². The maximum absolute atomic E-state index is 13.3. The lowest BCUT2D eigenvalue weighted by Gasteiger charge is -2.42. The Hall–Kier alpha value is -1.04. The van der Waals surface area contributed by atoms with Crippen molar-refractivity contribution in [3.63, 3.8) is 0 Å². The van der Waals surface area contributed by atoms with E-state index in [1.807, 2.05) is 0 Å². The zero-order valence-electron chi connectivity index (χ0n) is 12.2. The highest BCUT2D eigenvalue weighted by atomic mass is 19.2. The highest BCUT2D eigenvalue weighted by molar-refractivity contribution is 5.19. The molecule has 3 rings (SSSR count). The second-order valence-electron chi connectivity index (χ2n) is 6.18. The fraction of sp³-hybridized carbons (Fsp3) is 0.625.